The van der Waals surface area contributed by atoms with Crippen molar-refractivity contribution in [2.45, 2.75) is 25.4 Å². The summed E-state index contributed by atoms with van der Waals surface area (Å²) in [5.41, 5.74) is 2.34. The molecular weight excluding hydrogens is 329 g/mol. The van der Waals surface area contributed by atoms with Crippen molar-refractivity contribution in [3.05, 3.63) is 42.1 Å². The van der Waals surface area contributed by atoms with Crippen LogP contribution in [0.1, 0.15) is 24.8 Å². The monoisotopic (exact) mass is 346 g/mol. The van der Waals surface area contributed by atoms with Crippen molar-refractivity contribution >= 4 is 16.9 Å². The summed E-state index contributed by atoms with van der Waals surface area (Å²) >= 11 is 0. The molecule has 25 heavy (non-hydrogen) atoms. The molecule has 4 nitrogen and oxygen atoms in total. The van der Waals surface area contributed by atoms with Crippen LogP contribution >= 0.6 is 0 Å². The molecule has 0 aliphatic carbocycles. The molecule has 0 amide bonds. The van der Waals surface area contributed by atoms with E-state index >= 15 is 0 Å². The Kier molecular flexibility index (Phi) is 3.86. The van der Waals surface area contributed by atoms with Gasteiger partial charge in [0.2, 0.25) is 0 Å². The van der Waals surface area contributed by atoms with Gasteiger partial charge in [-0.1, -0.05) is 12.1 Å². The van der Waals surface area contributed by atoms with E-state index in [0.717, 1.165) is 36.4 Å². The summed E-state index contributed by atoms with van der Waals surface area (Å²) in [5.74, 6) is 0.520. The molecule has 1 aromatic carbocycles. The van der Waals surface area contributed by atoms with E-state index in [0.29, 0.717) is 17.0 Å². The molecule has 0 unspecified atom stereocenters. The van der Waals surface area contributed by atoms with E-state index in [1.807, 2.05) is 12.3 Å². The number of nitrogens with one attached hydrogen (secondary N) is 1. The van der Waals surface area contributed by atoms with Gasteiger partial charge in [0, 0.05) is 18.7 Å². The first-order valence-electron chi connectivity index (χ1n) is 8.29. The van der Waals surface area contributed by atoms with Gasteiger partial charge in [0.15, 0.2) is 5.65 Å². The molecule has 0 bridgehead atoms. The minimum atomic E-state index is -4.34. The van der Waals surface area contributed by atoms with Gasteiger partial charge in [0.05, 0.1) is 23.0 Å². The molecule has 0 saturated carbocycles. The van der Waals surface area contributed by atoms with Crippen LogP contribution in [-0.2, 0) is 6.18 Å². The molecule has 1 saturated heterocycles. The maximum absolute atomic E-state index is 12.7. The lowest BCUT2D eigenvalue weighted by Gasteiger charge is -2.28. The zero-order valence-electron chi connectivity index (χ0n) is 13.5. The number of hydrogen-bond acceptors (Lipinski definition) is 3. The molecule has 130 valence electrons. The molecule has 1 aliphatic rings. The number of benzene rings is 1. The predicted molar refractivity (Wildman–Crippen MR) is 90.4 cm³/mol. The smallest absolute Gasteiger partial charge is 0.370 e. The normalized spacial score (nSPS) is 15.7. The van der Waals surface area contributed by atoms with Crippen molar-refractivity contribution in [2.75, 3.05) is 18.0 Å². The van der Waals surface area contributed by atoms with Crippen molar-refractivity contribution in [1.29, 1.82) is 0 Å². The van der Waals surface area contributed by atoms with E-state index in [9.17, 15) is 13.2 Å². The van der Waals surface area contributed by atoms with Gasteiger partial charge in [-0.2, -0.15) is 13.2 Å². The fourth-order valence-electron chi connectivity index (χ4n) is 3.17. The van der Waals surface area contributed by atoms with Crippen LogP contribution in [0.25, 0.3) is 22.6 Å². The van der Waals surface area contributed by atoms with E-state index in [1.54, 1.807) is 0 Å². The number of rotatable bonds is 2. The minimum Gasteiger partial charge on any atom is -0.370 e. The average molecular weight is 346 g/mol. The highest BCUT2D eigenvalue weighted by molar-refractivity contribution is 5.79. The van der Waals surface area contributed by atoms with Crippen molar-refractivity contribution < 1.29 is 13.2 Å². The number of aromatic nitrogens is 3. The van der Waals surface area contributed by atoms with Crippen LogP contribution in [0.5, 0.6) is 0 Å². The second-order valence-corrected chi connectivity index (χ2v) is 6.27. The lowest BCUT2D eigenvalue weighted by molar-refractivity contribution is -0.137. The summed E-state index contributed by atoms with van der Waals surface area (Å²) in [4.78, 5) is 14.3. The van der Waals surface area contributed by atoms with Gasteiger partial charge in [-0.05, 0) is 37.5 Å². The molecule has 3 aromatic rings. The van der Waals surface area contributed by atoms with Crippen molar-refractivity contribution in [3.8, 4) is 11.4 Å². The number of fused-ring (bicyclic) bond motifs is 1. The Hall–Kier alpha value is -2.57. The number of pyridine rings is 1. The summed E-state index contributed by atoms with van der Waals surface area (Å²) in [6.45, 7) is 2.04. The van der Waals surface area contributed by atoms with E-state index in [-0.39, 0.29) is 0 Å². The number of imidazole rings is 1. The molecule has 0 atom stereocenters. The Balaban J connectivity index is 1.64. The molecule has 3 heterocycles. The topological polar surface area (TPSA) is 44.8 Å². The first-order valence-corrected chi connectivity index (χ1v) is 8.29. The Morgan fingerprint density at radius 1 is 1.00 bits per heavy atom. The Labute approximate surface area is 142 Å². The van der Waals surface area contributed by atoms with Crippen LogP contribution in [0.2, 0.25) is 0 Å². The minimum absolute atomic E-state index is 0.520. The van der Waals surface area contributed by atoms with Crippen LogP contribution in [0.3, 0.4) is 0 Å². The van der Waals surface area contributed by atoms with E-state index in [4.69, 9.17) is 0 Å². The van der Waals surface area contributed by atoms with Gasteiger partial charge >= 0.3 is 6.18 Å². The summed E-state index contributed by atoms with van der Waals surface area (Å²) in [6.07, 6.45) is 1.09. The van der Waals surface area contributed by atoms with Gasteiger partial charge in [-0.25, -0.2) is 9.97 Å². The number of anilines is 1. The summed E-state index contributed by atoms with van der Waals surface area (Å²) in [7, 11) is 0. The highest BCUT2D eigenvalue weighted by Gasteiger charge is 2.30. The van der Waals surface area contributed by atoms with E-state index in [2.05, 4.69) is 19.9 Å². The summed E-state index contributed by atoms with van der Waals surface area (Å²) in [6, 6.07) is 6.98. The van der Waals surface area contributed by atoms with Gasteiger partial charge in [0.25, 0.3) is 0 Å². The number of alkyl halides is 3. The Bertz CT molecular complexity index is 877. The molecule has 4 rings (SSSR count). The number of aromatic amines is 1. The lowest BCUT2D eigenvalue weighted by atomic mass is 10.1. The molecule has 0 spiro atoms. The number of halogens is 3. The van der Waals surface area contributed by atoms with Gasteiger partial charge in [-0.15, -0.1) is 0 Å². The maximum atomic E-state index is 12.7. The van der Waals surface area contributed by atoms with Crippen LogP contribution < -0.4 is 4.90 Å². The third-order valence-corrected chi connectivity index (χ3v) is 4.53. The van der Waals surface area contributed by atoms with Gasteiger partial charge in [-0.3, -0.25) is 0 Å². The number of piperidine rings is 1. The molecule has 1 N–H and O–H groups in total. The number of nitrogens with zero attached hydrogens (tertiary/aromatic N) is 3. The molecule has 2 aromatic heterocycles. The second-order valence-electron chi connectivity index (χ2n) is 6.27. The van der Waals surface area contributed by atoms with Gasteiger partial charge < -0.3 is 9.88 Å². The summed E-state index contributed by atoms with van der Waals surface area (Å²) in [5, 5.41) is 0. The largest absolute Gasteiger partial charge is 0.416 e. The van der Waals surface area contributed by atoms with E-state index in [1.165, 1.54) is 31.4 Å². The van der Waals surface area contributed by atoms with Crippen molar-refractivity contribution in [3.63, 3.8) is 0 Å². The predicted octanol–water partition coefficient (Wildman–Crippen LogP) is 4.63. The first kappa shape index (κ1) is 15.9. The molecule has 1 fully saturated rings. The zero-order valence-corrected chi connectivity index (χ0v) is 13.5. The van der Waals surface area contributed by atoms with Crippen LogP contribution in [0, 0.1) is 0 Å². The highest BCUT2D eigenvalue weighted by atomic mass is 19.4. The highest BCUT2D eigenvalue weighted by Crippen LogP contribution is 2.31. The average Bonchev–Trinajstić information content (AvgIpc) is 3.05. The summed E-state index contributed by atoms with van der Waals surface area (Å²) < 4.78 is 38.0. The third kappa shape index (κ3) is 3.18. The molecule has 0 radical (unpaired) electrons. The molecular formula is C18H17F3N4. The molecule has 1 aliphatic heterocycles. The number of hydrogen-bond donors (Lipinski definition) is 1. The fourth-order valence-corrected chi connectivity index (χ4v) is 3.17. The van der Waals surface area contributed by atoms with Crippen LogP contribution in [-0.4, -0.2) is 28.0 Å². The maximum Gasteiger partial charge on any atom is 0.416 e. The van der Waals surface area contributed by atoms with Crippen LogP contribution in [0.4, 0.5) is 18.9 Å². The Morgan fingerprint density at radius 3 is 2.40 bits per heavy atom. The Morgan fingerprint density at radius 2 is 1.72 bits per heavy atom. The van der Waals surface area contributed by atoms with Gasteiger partial charge in [0.1, 0.15) is 5.82 Å². The first-order chi connectivity index (χ1) is 12.0. The molecule has 7 heteroatoms. The third-order valence-electron chi connectivity index (χ3n) is 4.53. The number of H-pyrrole nitrogens is 1. The lowest BCUT2D eigenvalue weighted by Crippen LogP contribution is -2.29. The quantitative estimate of drug-likeness (QED) is 0.735. The van der Waals surface area contributed by atoms with Crippen molar-refractivity contribution in [2.24, 2.45) is 0 Å². The fraction of sp³-hybridized carbons (Fsp3) is 0.333. The standard InChI is InChI=1S/C18H17F3N4/c19-18(20,21)13-6-4-12(5-7-13)16-23-15-10-14(11-22-17(15)24-16)25-8-2-1-3-9-25/h4-7,10-11H,1-3,8-9H2,(H,22,23,24). The van der Waals surface area contributed by atoms with E-state index < -0.39 is 11.7 Å². The second kappa shape index (κ2) is 6.06. The van der Waals surface area contributed by atoms with Crippen molar-refractivity contribution in [1.82, 2.24) is 15.0 Å². The van der Waals surface area contributed by atoms with Crippen LogP contribution in [0.15, 0.2) is 36.5 Å². The SMILES string of the molecule is FC(F)(F)c1ccc(-c2nc3ncc(N4CCCCC4)cc3[nH]2)cc1. The zero-order chi connectivity index (χ0) is 17.4.